The number of alkyl halides is 2. The Morgan fingerprint density at radius 1 is 1.44 bits per heavy atom. The summed E-state index contributed by atoms with van der Waals surface area (Å²) in [6, 6.07) is 0. The number of hydrogen-bond acceptors (Lipinski definition) is 2. The highest BCUT2D eigenvalue weighted by molar-refractivity contribution is 6.22. The monoisotopic (exact) mass is 267 g/mol. The first-order chi connectivity index (χ1) is 7.56. The van der Waals surface area contributed by atoms with Crippen LogP contribution in [0.15, 0.2) is 0 Å². The van der Waals surface area contributed by atoms with Gasteiger partial charge in [0.25, 0.3) is 0 Å². The standard InChI is InChI=1S/C11H19Cl2NO2/c1-3-11(6-12,7-13)14-10(15)9-5-4-8(2)16-9/h8-9H,3-7H2,1-2H3,(H,14,15). The van der Waals surface area contributed by atoms with E-state index in [1.807, 2.05) is 13.8 Å². The fraction of sp³-hybridized carbons (Fsp3) is 0.909. The zero-order chi connectivity index (χ0) is 12.2. The minimum Gasteiger partial charge on any atom is -0.365 e. The van der Waals surface area contributed by atoms with Crippen molar-refractivity contribution in [2.45, 2.75) is 50.9 Å². The molecule has 0 aromatic carbocycles. The molecule has 0 saturated carbocycles. The topological polar surface area (TPSA) is 38.3 Å². The molecule has 1 rings (SSSR count). The second-order valence-corrected chi connectivity index (χ2v) is 4.94. The molecule has 1 aliphatic heterocycles. The molecule has 0 aromatic heterocycles. The molecule has 1 heterocycles. The van der Waals surface area contributed by atoms with E-state index in [9.17, 15) is 4.79 Å². The van der Waals surface area contributed by atoms with E-state index in [-0.39, 0.29) is 18.1 Å². The van der Waals surface area contributed by atoms with Gasteiger partial charge in [0.05, 0.1) is 11.6 Å². The first-order valence-corrected chi connectivity index (χ1v) is 6.73. The number of carbonyl (C=O) groups excluding carboxylic acids is 1. The van der Waals surface area contributed by atoms with Gasteiger partial charge in [-0.25, -0.2) is 0 Å². The van der Waals surface area contributed by atoms with Crippen molar-refractivity contribution in [2.24, 2.45) is 0 Å². The summed E-state index contributed by atoms with van der Waals surface area (Å²) in [5.74, 6) is 0.551. The Kier molecular flexibility index (Phi) is 5.35. The highest BCUT2D eigenvalue weighted by Gasteiger charge is 2.34. The molecular weight excluding hydrogens is 249 g/mol. The van der Waals surface area contributed by atoms with Gasteiger partial charge in [-0.1, -0.05) is 6.92 Å². The molecule has 1 amide bonds. The number of carbonyl (C=O) groups is 1. The molecule has 3 nitrogen and oxygen atoms in total. The zero-order valence-electron chi connectivity index (χ0n) is 9.76. The SMILES string of the molecule is CCC(CCl)(CCl)NC(=O)C1CCC(C)O1. The van der Waals surface area contributed by atoms with Crippen LogP contribution in [-0.2, 0) is 9.53 Å². The summed E-state index contributed by atoms with van der Waals surface area (Å²) in [5, 5.41) is 2.91. The van der Waals surface area contributed by atoms with Gasteiger partial charge in [-0.2, -0.15) is 0 Å². The van der Waals surface area contributed by atoms with Crippen molar-refractivity contribution in [2.75, 3.05) is 11.8 Å². The average Bonchev–Trinajstić information content (AvgIpc) is 2.73. The molecule has 1 fully saturated rings. The van der Waals surface area contributed by atoms with E-state index >= 15 is 0 Å². The third-order valence-corrected chi connectivity index (χ3v) is 4.12. The van der Waals surface area contributed by atoms with Crippen molar-refractivity contribution in [3.8, 4) is 0 Å². The van der Waals surface area contributed by atoms with Crippen LogP contribution in [0.5, 0.6) is 0 Å². The Morgan fingerprint density at radius 2 is 2.06 bits per heavy atom. The minimum atomic E-state index is -0.505. The molecule has 94 valence electrons. The number of amides is 1. The smallest absolute Gasteiger partial charge is 0.249 e. The summed E-state index contributed by atoms with van der Waals surface area (Å²) in [7, 11) is 0. The summed E-state index contributed by atoms with van der Waals surface area (Å²) in [6.07, 6.45) is 2.25. The van der Waals surface area contributed by atoms with Gasteiger partial charge in [-0.15, -0.1) is 23.2 Å². The third kappa shape index (κ3) is 3.25. The Morgan fingerprint density at radius 3 is 2.44 bits per heavy atom. The second kappa shape index (κ2) is 6.08. The van der Waals surface area contributed by atoms with E-state index in [1.54, 1.807) is 0 Å². The maximum Gasteiger partial charge on any atom is 0.249 e. The number of rotatable bonds is 5. The largest absolute Gasteiger partial charge is 0.365 e. The number of hydrogen-bond donors (Lipinski definition) is 1. The Hall–Kier alpha value is 0.01000. The summed E-state index contributed by atoms with van der Waals surface area (Å²) < 4.78 is 5.50. The highest BCUT2D eigenvalue weighted by atomic mass is 35.5. The van der Waals surface area contributed by atoms with Gasteiger partial charge in [0.15, 0.2) is 0 Å². The summed E-state index contributed by atoms with van der Waals surface area (Å²) in [5.41, 5.74) is -0.505. The van der Waals surface area contributed by atoms with Crippen LogP contribution in [0.25, 0.3) is 0 Å². The van der Waals surface area contributed by atoms with Crippen molar-refractivity contribution in [3.05, 3.63) is 0 Å². The lowest BCUT2D eigenvalue weighted by atomic mass is 10.0. The van der Waals surface area contributed by atoms with E-state index in [2.05, 4.69) is 5.32 Å². The summed E-state index contributed by atoms with van der Waals surface area (Å²) in [4.78, 5) is 11.9. The van der Waals surface area contributed by atoms with Crippen LogP contribution in [0.3, 0.4) is 0 Å². The van der Waals surface area contributed by atoms with E-state index in [4.69, 9.17) is 27.9 Å². The van der Waals surface area contributed by atoms with Crippen LogP contribution < -0.4 is 5.32 Å². The van der Waals surface area contributed by atoms with Crippen molar-refractivity contribution in [1.29, 1.82) is 0 Å². The molecule has 0 spiro atoms. The lowest BCUT2D eigenvalue weighted by Gasteiger charge is -2.30. The quantitative estimate of drug-likeness (QED) is 0.777. The van der Waals surface area contributed by atoms with E-state index in [0.717, 1.165) is 12.8 Å². The molecule has 0 aromatic rings. The third-order valence-electron chi connectivity index (χ3n) is 3.10. The fourth-order valence-electron chi connectivity index (χ4n) is 1.72. The molecule has 0 radical (unpaired) electrons. The van der Waals surface area contributed by atoms with Crippen LogP contribution >= 0.6 is 23.2 Å². The second-order valence-electron chi connectivity index (χ2n) is 4.40. The Labute approximate surface area is 107 Å². The Bertz CT molecular complexity index is 236. The zero-order valence-corrected chi connectivity index (χ0v) is 11.3. The predicted molar refractivity (Wildman–Crippen MR) is 66.2 cm³/mol. The molecule has 0 bridgehead atoms. The van der Waals surface area contributed by atoms with Crippen molar-refractivity contribution in [1.82, 2.24) is 5.32 Å². The van der Waals surface area contributed by atoms with Crippen LogP contribution in [0.4, 0.5) is 0 Å². The van der Waals surface area contributed by atoms with Crippen molar-refractivity contribution in [3.63, 3.8) is 0 Å². The number of nitrogens with one attached hydrogen (secondary N) is 1. The van der Waals surface area contributed by atoms with Gasteiger partial charge in [0.1, 0.15) is 6.10 Å². The maximum atomic E-state index is 11.9. The first-order valence-electron chi connectivity index (χ1n) is 5.66. The van der Waals surface area contributed by atoms with Gasteiger partial charge < -0.3 is 10.1 Å². The average molecular weight is 268 g/mol. The maximum absolute atomic E-state index is 11.9. The van der Waals surface area contributed by atoms with Crippen molar-refractivity contribution >= 4 is 29.1 Å². The lowest BCUT2D eigenvalue weighted by molar-refractivity contribution is -0.133. The van der Waals surface area contributed by atoms with Crippen molar-refractivity contribution < 1.29 is 9.53 Å². The molecule has 1 aliphatic rings. The van der Waals surface area contributed by atoms with E-state index in [1.165, 1.54) is 0 Å². The molecule has 2 atom stereocenters. The minimum absolute atomic E-state index is 0.0903. The van der Waals surface area contributed by atoms with Crippen LogP contribution in [0.2, 0.25) is 0 Å². The summed E-state index contributed by atoms with van der Waals surface area (Å²) >= 11 is 11.7. The fourth-order valence-corrected chi connectivity index (χ4v) is 2.51. The molecule has 1 N–H and O–H groups in total. The normalized spacial score (nSPS) is 25.8. The van der Waals surface area contributed by atoms with Gasteiger partial charge >= 0.3 is 0 Å². The van der Waals surface area contributed by atoms with Gasteiger partial charge in [-0.3, -0.25) is 4.79 Å². The van der Waals surface area contributed by atoms with Crippen LogP contribution in [0, 0.1) is 0 Å². The molecule has 1 saturated heterocycles. The van der Waals surface area contributed by atoms with Crippen LogP contribution in [-0.4, -0.2) is 35.4 Å². The Balaban J connectivity index is 2.55. The molecule has 5 heteroatoms. The van der Waals surface area contributed by atoms with Gasteiger partial charge in [0, 0.05) is 11.8 Å². The molecular formula is C11H19Cl2NO2. The highest BCUT2D eigenvalue weighted by Crippen LogP contribution is 2.21. The molecule has 16 heavy (non-hydrogen) atoms. The molecule has 2 unspecified atom stereocenters. The summed E-state index contributed by atoms with van der Waals surface area (Å²) in [6.45, 7) is 3.94. The van der Waals surface area contributed by atoms with Gasteiger partial charge in [-0.05, 0) is 26.2 Å². The molecule has 0 aliphatic carbocycles. The van der Waals surface area contributed by atoms with Crippen LogP contribution in [0.1, 0.15) is 33.1 Å². The lowest BCUT2D eigenvalue weighted by Crippen LogP contribution is -2.54. The number of ether oxygens (including phenoxy) is 1. The number of halogens is 2. The van der Waals surface area contributed by atoms with Gasteiger partial charge in [0.2, 0.25) is 5.91 Å². The first kappa shape index (κ1) is 14.1. The predicted octanol–water partition coefficient (Wildman–Crippen LogP) is 2.30. The van der Waals surface area contributed by atoms with E-state index in [0.29, 0.717) is 18.2 Å². The van der Waals surface area contributed by atoms with E-state index < -0.39 is 5.54 Å².